The Morgan fingerprint density at radius 3 is 2.31 bits per heavy atom. The maximum atomic E-state index is 13.5. The monoisotopic (exact) mass is 471 g/mol. The minimum Gasteiger partial charge on any atom is -0.497 e. The molecule has 1 amide bonds. The van der Waals surface area contributed by atoms with Gasteiger partial charge in [0.25, 0.3) is 5.91 Å². The quantitative estimate of drug-likeness (QED) is 0.393. The summed E-state index contributed by atoms with van der Waals surface area (Å²) in [5.41, 5.74) is 1.55. The minimum atomic E-state index is -0.974. The van der Waals surface area contributed by atoms with E-state index in [1.165, 1.54) is 0 Å². The first kappa shape index (κ1) is 22.5. The molecule has 0 spiro atoms. The second-order valence-corrected chi connectivity index (χ2v) is 8.60. The lowest BCUT2D eigenvalue weighted by Gasteiger charge is -2.19. The molecule has 0 aliphatic carbocycles. The van der Waals surface area contributed by atoms with Crippen LogP contribution in [-0.2, 0) is 4.79 Å². The number of hydrogen-bond acceptors (Lipinski definition) is 6. The molecule has 2 heterocycles. The van der Waals surface area contributed by atoms with Crippen LogP contribution in [0.3, 0.4) is 0 Å². The van der Waals surface area contributed by atoms with E-state index < -0.39 is 17.6 Å². The summed E-state index contributed by atoms with van der Waals surface area (Å²) in [5, 5.41) is 3.54. The van der Waals surface area contributed by atoms with E-state index in [2.05, 4.69) is 5.32 Å². The van der Waals surface area contributed by atoms with Crippen molar-refractivity contribution in [3.8, 4) is 17.2 Å². The molecule has 2 unspecified atom stereocenters. The number of ether oxygens (including phenoxy) is 3. The number of carbonyl (C=O) groups is 1. The summed E-state index contributed by atoms with van der Waals surface area (Å²) in [4.78, 5) is 26.6. The molecule has 178 valence electrons. The molecule has 2 atom stereocenters. The Labute approximate surface area is 202 Å². The zero-order valence-corrected chi connectivity index (χ0v) is 19.6. The molecule has 3 aromatic carbocycles. The van der Waals surface area contributed by atoms with Crippen molar-refractivity contribution < 1.29 is 23.4 Å². The average molecular weight is 472 g/mol. The van der Waals surface area contributed by atoms with E-state index in [0.717, 1.165) is 5.56 Å². The molecule has 1 N–H and O–H groups in total. The van der Waals surface area contributed by atoms with Crippen molar-refractivity contribution in [1.29, 1.82) is 0 Å². The number of anilines is 1. The Balaban J connectivity index is 1.56. The van der Waals surface area contributed by atoms with Crippen LogP contribution < -0.4 is 25.2 Å². The highest BCUT2D eigenvalue weighted by Gasteiger charge is 2.44. The SMILES string of the molecule is COc1ccc(NC(=O)C2Oc3c(c(=O)oc4ccccc34)C2c2ccc(OC(C)C)cc2)cc1. The predicted octanol–water partition coefficient (Wildman–Crippen LogP) is 5.12. The van der Waals surface area contributed by atoms with Crippen LogP contribution >= 0.6 is 0 Å². The smallest absolute Gasteiger partial charge is 0.344 e. The van der Waals surface area contributed by atoms with Crippen LogP contribution in [0.4, 0.5) is 5.69 Å². The van der Waals surface area contributed by atoms with Crippen LogP contribution in [-0.4, -0.2) is 25.2 Å². The number of nitrogens with one attached hydrogen (secondary N) is 1. The third kappa shape index (κ3) is 4.33. The first-order valence-corrected chi connectivity index (χ1v) is 11.4. The summed E-state index contributed by atoms with van der Waals surface area (Å²) >= 11 is 0. The number of fused-ring (bicyclic) bond motifs is 3. The molecule has 1 aromatic heterocycles. The van der Waals surface area contributed by atoms with E-state index in [1.807, 2.05) is 50.2 Å². The predicted molar refractivity (Wildman–Crippen MR) is 133 cm³/mol. The normalized spacial score (nSPS) is 16.6. The van der Waals surface area contributed by atoms with Gasteiger partial charge in [0, 0.05) is 5.69 Å². The molecule has 5 rings (SSSR count). The van der Waals surface area contributed by atoms with E-state index in [1.54, 1.807) is 43.5 Å². The molecule has 0 saturated carbocycles. The summed E-state index contributed by atoms with van der Waals surface area (Å²) in [5.74, 6) is 0.727. The molecule has 7 heteroatoms. The van der Waals surface area contributed by atoms with Gasteiger partial charge < -0.3 is 23.9 Å². The molecule has 0 saturated heterocycles. The van der Waals surface area contributed by atoms with Gasteiger partial charge in [-0.15, -0.1) is 0 Å². The van der Waals surface area contributed by atoms with Gasteiger partial charge in [-0.2, -0.15) is 0 Å². The van der Waals surface area contributed by atoms with E-state index >= 15 is 0 Å². The number of hydrogen-bond donors (Lipinski definition) is 1. The maximum absolute atomic E-state index is 13.5. The molecule has 0 radical (unpaired) electrons. The molecule has 1 aliphatic rings. The van der Waals surface area contributed by atoms with Crippen LogP contribution in [0.2, 0.25) is 0 Å². The van der Waals surface area contributed by atoms with Gasteiger partial charge in [-0.1, -0.05) is 24.3 Å². The summed E-state index contributed by atoms with van der Waals surface area (Å²) in [7, 11) is 1.58. The Morgan fingerprint density at radius 2 is 1.63 bits per heavy atom. The molecular formula is C28H25NO6. The summed E-state index contributed by atoms with van der Waals surface area (Å²) in [6, 6.07) is 21.5. The molecule has 1 aliphatic heterocycles. The first-order valence-electron chi connectivity index (χ1n) is 11.4. The second-order valence-electron chi connectivity index (χ2n) is 8.60. The zero-order valence-electron chi connectivity index (χ0n) is 19.6. The van der Waals surface area contributed by atoms with Crippen LogP contribution in [0.25, 0.3) is 11.0 Å². The van der Waals surface area contributed by atoms with Crippen molar-refractivity contribution in [2.45, 2.75) is 32.0 Å². The van der Waals surface area contributed by atoms with Crippen LogP contribution in [0.1, 0.15) is 30.9 Å². The third-order valence-corrected chi connectivity index (χ3v) is 5.88. The Hall–Kier alpha value is -4.26. The molecule has 4 aromatic rings. The van der Waals surface area contributed by atoms with Crippen LogP contribution in [0.5, 0.6) is 17.2 Å². The molecule has 7 nitrogen and oxygen atoms in total. The van der Waals surface area contributed by atoms with Gasteiger partial charge in [0.2, 0.25) is 0 Å². The first-order chi connectivity index (χ1) is 16.9. The van der Waals surface area contributed by atoms with Crippen molar-refractivity contribution in [2.24, 2.45) is 0 Å². The minimum absolute atomic E-state index is 0.0258. The molecular weight excluding hydrogens is 446 g/mol. The summed E-state index contributed by atoms with van der Waals surface area (Å²) in [6.07, 6.45) is -0.949. The fourth-order valence-corrected chi connectivity index (χ4v) is 4.34. The Bertz CT molecular complexity index is 1420. The van der Waals surface area contributed by atoms with E-state index in [4.69, 9.17) is 18.6 Å². The van der Waals surface area contributed by atoms with Crippen LogP contribution in [0.15, 0.2) is 82.0 Å². The third-order valence-electron chi connectivity index (χ3n) is 5.88. The molecule has 0 fully saturated rings. The number of rotatable bonds is 6. The van der Waals surface area contributed by atoms with Crippen molar-refractivity contribution in [1.82, 2.24) is 0 Å². The van der Waals surface area contributed by atoms with Crippen LogP contribution in [0, 0.1) is 0 Å². The largest absolute Gasteiger partial charge is 0.497 e. The van der Waals surface area contributed by atoms with Gasteiger partial charge in [0.15, 0.2) is 6.10 Å². The summed E-state index contributed by atoms with van der Waals surface area (Å²) < 4.78 is 22.8. The second kappa shape index (κ2) is 9.18. The lowest BCUT2D eigenvalue weighted by atomic mass is 9.88. The standard InChI is InChI=1S/C28H25NO6/c1-16(2)33-20-12-8-17(9-13-20)23-24-25(21-6-4-5-7-22(21)34-28(24)31)35-26(23)27(30)29-18-10-14-19(32-3)15-11-18/h4-16,23,26H,1-3H3,(H,29,30). The average Bonchev–Trinajstić information content (AvgIpc) is 3.27. The fraction of sp³-hybridized carbons (Fsp3) is 0.214. The molecule has 35 heavy (non-hydrogen) atoms. The van der Waals surface area contributed by atoms with Crippen molar-refractivity contribution in [3.05, 3.63) is 94.3 Å². The molecule has 0 bridgehead atoms. The van der Waals surface area contributed by atoms with Gasteiger partial charge in [0.05, 0.1) is 30.1 Å². The zero-order chi connectivity index (χ0) is 24.5. The van der Waals surface area contributed by atoms with Crippen molar-refractivity contribution in [2.75, 3.05) is 12.4 Å². The lowest BCUT2D eigenvalue weighted by molar-refractivity contribution is -0.122. The summed E-state index contributed by atoms with van der Waals surface area (Å²) in [6.45, 7) is 3.90. The van der Waals surface area contributed by atoms with Crippen molar-refractivity contribution in [3.63, 3.8) is 0 Å². The Morgan fingerprint density at radius 1 is 0.943 bits per heavy atom. The maximum Gasteiger partial charge on any atom is 0.344 e. The van der Waals surface area contributed by atoms with Gasteiger partial charge in [-0.3, -0.25) is 4.79 Å². The number of carbonyl (C=O) groups excluding carboxylic acids is 1. The number of methoxy groups -OCH3 is 1. The Kier molecular flexibility index (Phi) is 5.91. The number of para-hydroxylation sites is 1. The highest BCUT2D eigenvalue weighted by atomic mass is 16.5. The van der Waals surface area contributed by atoms with Crippen molar-refractivity contribution >= 4 is 22.6 Å². The lowest BCUT2D eigenvalue weighted by Crippen LogP contribution is -2.35. The number of benzene rings is 3. The number of amides is 1. The van der Waals surface area contributed by atoms with Gasteiger partial charge in [0.1, 0.15) is 22.8 Å². The van der Waals surface area contributed by atoms with Gasteiger partial charge in [-0.05, 0) is 67.9 Å². The van der Waals surface area contributed by atoms with Gasteiger partial charge in [-0.25, -0.2) is 4.79 Å². The van der Waals surface area contributed by atoms with Gasteiger partial charge >= 0.3 is 5.63 Å². The van der Waals surface area contributed by atoms with E-state index in [9.17, 15) is 9.59 Å². The van der Waals surface area contributed by atoms with E-state index in [0.29, 0.717) is 39.5 Å². The fourth-order valence-electron chi connectivity index (χ4n) is 4.34. The highest BCUT2D eigenvalue weighted by molar-refractivity contribution is 5.97. The highest BCUT2D eigenvalue weighted by Crippen LogP contribution is 2.44. The topological polar surface area (TPSA) is 87.0 Å². The van der Waals surface area contributed by atoms with E-state index in [-0.39, 0.29) is 12.0 Å².